The predicted molar refractivity (Wildman–Crippen MR) is 78.6 cm³/mol. The Labute approximate surface area is 117 Å². The van der Waals surface area contributed by atoms with Crippen LogP contribution in [-0.4, -0.2) is 15.9 Å². The quantitative estimate of drug-likeness (QED) is 0.879. The van der Waals surface area contributed by atoms with E-state index in [2.05, 4.69) is 24.0 Å². The van der Waals surface area contributed by atoms with Gasteiger partial charge in [0.15, 0.2) is 5.82 Å². The van der Waals surface area contributed by atoms with Gasteiger partial charge in [0, 0.05) is 12.1 Å². The minimum Gasteiger partial charge on any atom is -0.334 e. The van der Waals surface area contributed by atoms with Crippen LogP contribution in [0.2, 0.25) is 0 Å². The van der Waals surface area contributed by atoms with Gasteiger partial charge in [0.25, 0.3) is 5.89 Å². The van der Waals surface area contributed by atoms with E-state index in [1.165, 1.54) is 0 Å². The lowest BCUT2D eigenvalue weighted by Gasteiger charge is -2.00. The summed E-state index contributed by atoms with van der Waals surface area (Å²) in [6, 6.07) is 7.88. The summed E-state index contributed by atoms with van der Waals surface area (Å²) in [5, 5.41) is 4.01. The van der Waals surface area contributed by atoms with Gasteiger partial charge in [0.2, 0.25) is 0 Å². The van der Waals surface area contributed by atoms with Gasteiger partial charge in [0.1, 0.15) is 0 Å². The highest BCUT2D eigenvalue weighted by molar-refractivity contribution is 7.98. The fourth-order valence-electron chi connectivity index (χ4n) is 1.65. The Morgan fingerprint density at radius 2 is 2.21 bits per heavy atom. The fraction of sp³-hybridized carbons (Fsp3) is 0.429. The van der Waals surface area contributed by atoms with Crippen molar-refractivity contribution in [3.8, 4) is 11.5 Å². The Balaban J connectivity index is 2.03. The highest BCUT2D eigenvalue weighted by Gasteiger charge is 2.09. The number of thioether (sulfide) groups is 1. The van der Waals surface area contributed by atoms with E-state index in [0.29, 0.717) is 18.4 Å². The van der Waals surface area contributed by atoms with Crippen LogP contribution in [0.1, 0.15) is 25.2 Å². The molecule has 0 spiro atoms. The van der Waals surface area contributed by atoms with Crippen molar-refractivity contribution < 1.29 is 4.52 Å². The lowest BCUT2D eigenvalue weighted by Crippen LogP contribution is -1.95. The molecule has 2 aromatic rings. The van der Waals surface area contributed by atoms with Crippen LogP contribution in [0.4, 0.5) is 0 Å². The summed E-state index contributed by atoms with van der Waals surface area (Å²) in [7, 11) is 0. The zero-order valence-corrected chi connectivity index (χ0v) is 12.1. The first-order valence-electron chi connectivity index (χ1n) is 6.38. The van der Waals surface area contributed by atoms with Gasteiger partial charge in [-0.3, -0.25) is 0 Å². The third kappa shape index (κ3) is 4.08. The van der Waals surface area contributed by atoms with Crippen molar-refractivity contribution in [1.82, 2.24) is 10.1 Å². The van der Waals surface area contributed by atoms with Crippen LogP contribution in [0.3, 0.4) is 0 Å². The van der Waals surface area contributed by atoms with Crippen molar-refractivity contribution in [2.45, 2.75) is 26.1 Å². The Morgan fingerprint density at radius 3 is 2.95 bits per heavy atom. The van der Waals surface area contributed by atoms with E-state index in [1.54, 1.807) is 0 Å². The molecule has 1 aromatic carbocycles. The Morgan fingerprint density at radius 1 is 1.37 bits per heavy atom. The lowest BCUT2D eigenvalue weighted by atomic mass is 10.1. The van der Waals surface area contributed by atoms with Crippen molar-refractivity contribution >= 4 is 11.8 Å². The van der Waals surface area contributed by atoms with Gasteiger partial charge in [-0.1, -0.05) is 31.1 Å². The number of rotatable bonds is 6. The molecule has 2 N–H and O–H groups in total. The van der Waals surface area contributed by atoms with Crippen molar-refractivity contribution in [1.29, 1.82) is 0 Å². The van der Waals surface area contributed by atoms with Gasteiger partial charge in [0.05, 0.1) is 5.75 Å². The smallest absolute Gasteiger partial charge is 0.257 e. The van der Waals surface area contributed by atoms with E-state index in [4.69, 9.17) is 10.3 Å². The topological polar surface area (TPSA) is 64.9 Å². The molecule has 5 heteroatoms. The second-order valence-corrected chi connectivity index (χ2v) is 5.86. The molecule has 2 rings (SSSR count). The molecule has 0 fully saturated rings. The molecule has 0 aliphatic heterocycles. The summed E-state index contributed by atoms with van der Waals surface area (Å²) >= 11 is 1.83. The summed E-state index contributed by atoms with van der Waals surface area (Å²) in [6.07, 6.45) is 0. The van der Waals surface area contributed by atoms with E-state index in [0.717, 1.165) is 28.5 Å². The average molecular weight is 277 g/mol. The van der Waals surface area contributed by atoms with Gasteiger partial charge in [-0.15, -0.1) is 0 Å². The summed E-state index contributed by atoms with van der Waals surface area (Å²) in [6.45, 7) is 4.92. The molecule has 0 unspecified atom stereocenters. The first-order chi connectivity index (χ1) is 9.19. The summed E-state index contributed by atoms with van der Waals surface area (Å²) < 4.78 is 5.29. The standard InChI is InChI=1S/C14H19N3OS/c1-10(2)8-19-9-13-16-14(18-17-13)12-5-3-4-11(6-12)7-15/h3-6,10H,7-9,15H2,1-2H3. The zero-order chi connectivity index (χ0) is 13.7. The third-order valence-electron chi connectivity index (χ3n) is 2.56. The van der Waals surface area contributed by atoms with Gasteiger partial charge in [-0.2, -0.15) is 16.7 Å². The van der Waals surface area contributed by atoms with Crippen LogP contribution in [-0.2, 0) is 12.3 Å². The molecule has 0 bridgehead atoms. The summed E-state index contributed by atoms with van der Waals surface area (Å²) in [5.74, 6) is 3.89. The Bertz CT molecular complexity index is 525. The summed E-state index contributed by atoms with van der Waals surface area (Å²) in [5.41, 5.74) is 7.61. The van der Waals surface area contributed by atoms with E-state index >= 15 is 0 Å². The first-order valence-corrected chi connectivity index (χ1v) is 7.54. The van der Waals surface area contributed by atoms with Crippen LogP contribution in [0.15, 0.2) is 28.8 Å². The second-order valence-electron chi connectivity index (χ2n) is 4.83. The van der Waals surface area contributed by atoms with Crippen molar-refractivity contribution in [3.63, 3.8) is 0 Å². The average Bonchev–Trinajstić information content (AvgIpc) is 2.87. The molecule has 0 saturated heterocycles. The van der Waals surface area contributed by atoms with Crippen LogP contribution < -0.4 is 5.73 Å². The number of hydrogen-bond acceptors (Lipinski definition) is 5. The number of hydrogen-bond donors (Lipinski definition) is 1. The number of aromatic nitrogens is 2. The SMILES string of the molecule is CC(C)CSCc1noc(-c2cccc(CN)c2)n1. The maximum Gasteiger partial charge on any atom is 0.257 e. The van der Waals surface area contributed by atoms with Crippen molar-refractivity contribution in [2.75, 3.05) is 5.75 Å². The minimum absolute atomic E-state index is 0.513. The molecule has 102 valence electrons. The van der Waals surface area contributed by atoms with Gasteiger partial charge >= 0.3 is 0 Å². The van der Waals surface area contributed by atoms with Crippen LogP contribution in [0.25, 0.3) is 11.5 Å². The molecule has 1 heterocycles. The Hall–Kier alpha value is -1.33. The zero-order valence-electron chi connectivity index (χ0n) is 11.3. The fourth-order valence-corrected chi connectivity index (χ4v) is 2.54. The number of nitrogens with zero attached hydrogens (tertiary/aromatic N) is 2. The van der Waals surface area contributed by atoms with Gasteiger partial charge in [-0.25, -0.2) is 0 Å². The lowest BCUT2D eigenvalue weighted by molar-refractivity contribution is 0.425. The summed E-state index contributed by atoms with van der Waals surface area (Å²) in [4.78, 5) is 4.41. The first kappa shape index (κ1) is 14.1. The van der Waals surface area contributed by atoms with Gasteiger partial charge < -0.3 is 10.3 Å². The highest BCUT2D eigenvalue weighted by atomic mass is 32.2. The molecular formula is C14H19N3OS. The van der Waals surface area contributed by atoms with E-state index in [-0.39, 0.29) is 0 Å². The number of nitrogens with two attached hydrogens (primary N) is 1. The van der Waals surface area contributed by atoms with E-state index in [9.17, 15) is 0 Å². The normalized spacial score (nSPS) is 11.2. The van der Waals surface area contributed by atoms with Crippen LogP contribution in [0, 0.1) is 5.92 Å². The highest BCUT2D eigenvalue weighted by Crippen LogP contribution is 2.20. The molecule has 0 atom stereocenters. The van der Waals surface area contributed by atoms with Crippen molar-refractivity contribution in [3.05, 3.63) is 35.7 Å². The van der Waals surface area contributed by atoms with Crippen molar-refractivity contribution in [2.24, 2.45) is 11.7 Å². The molecule has 4 nitrogen and oxygen atoms in total. The van der Waals surface area contributed by atoms with E-state index in [1.807, 2.05) is 36.0 Å². The third-order valence-corrected chi connectivity index (χ3v) is 3.92. The largest absolute Gasteiger partial charge is 0.334 e. The number of benzene rings is 1. The predicted octanol–water partition coefficient (Wildman–Crippen LogP) is 3.08. The molecular weight excluding hydrogens is 258 g/mol. The maximum absolute atomic E-state index is 5.63. The Kier molecular flexibility index (Phi) is 4.99. The monoisotopic (exact) mass is 277 g/mol. The van der Waals surface area contributed by atoms with Gasteiger partial charge in [-0.05, 0) is 29.4 Å². The van der Waals surface area contributed by atoms with E-state index < -0.39 is 0 Å². The van der Waals surface area contributed by atoms with Crippen LogP contribution in [0.5, 0.6) is 0 Å². The molecule has 19 heavy (non-hydrogen) atoms. The van der Waals surface area contributed by atoms with Crippen LogP contribution >= 0.6 is 11.8 Å². The second kappa shape index (κ2) is 6.73. The maximum atomic E-state index is 5.63. The molecule has 0 amide bonds. The molecule has 0 saturated carbocycles. The molecule has 0 aliphatic carbocycles. The molecule has 0 radical (unpaired) electrons. The molecule has 0 aliphatic rings. The minimum atomic E-state index is 0.513. The molecule has 1 aromatic heterocycles.